The van der Waals surface area contributed by atoms with Gasteiger partial charge in [0.05, 0.1) is 18.7 Å². The van der Waals surface area contributed by atoms with E-state index in [0.717, 1.165) is 12.8 Å². The minimum absolute atomic E-state index is 0.0175. The highest BCUT2D eigenvalue weighted by Gasteiger charge is 2.53. The molecular formula is C30H38F3N3O5. The lowest BCUT2D eigenvalue weighted by atomic mass is 9.79. The molecule has 1 aromatic carbocycles. The minimum atomic E-state index is -4.81. The van der Waals surface area contributed by atoms with Gasteiger partial charge in [0.1, 0.15) is 28.9 Å². The second-order valence-corrected chi connectivity index (χ2v) is 11.4. The number of carbonyl (C=O) groups excluding carboxylic acids is 2. The Morgan fingerprint density at radius 3 is 2.49 bits per heavy atom. The number of alkyl halides is 3. The number of hydrogen-bond donors (Lipinski definition) is 1. The number of piperazine rings is 1. The van der Waals surface area contributed by atoms with Gasteiger partial charge in [-0.25, -0.2) is 0 Å². The van der Waals surface area contributed by atoms with E-state index >= 15 is 0 Å². The number of amides is 2. The van der Waals surface area contributed by atoms with E-state index in [4.69, 9.17) is 9.15 Å². The van der Waals surface area contributed by atoms with Crippen molar-refractivity contribution < 1.29 is 36.7 Å². The van der Waals surface area contributed by atoms with Crippen LogP contribution in [-0.4, -0.2) is 72.9 Å². The van der Waals surface area contributed by atoms with Crippen molar-refractivity contribution in [1.82, 2.24) is 15.1 Å². The van der Waals surface area contributed by atoms with Gasteiger partial charge in [0.25, 0.3) is 0 Å². The third-order valence-corrected chi connectivity index (χ3v) is 8.72. The molecule has 1 unspecified atom stereocenters. The van der Waals surface area contributed by atoms with Crippen LogP contribution in [0.25, 0.3) is 11.3 Å². The Morgan fingerprint density at radius 2 is 1.78 bits per heavy atom. The summed E-state index contributed by atoms with van der Waals surface area (Å²) in [4.78, 5) is 31.2. The van der Waals surface area contributed by atoms with Crippen molar-refractivity contribution in [3.63, 3.8) is 0 Å². The zero-order valence-corrected chi connectivity index (χ0v) is 23.4. The number of nitrogens with zero attached hydrogens (tertiary/aromatic N) is 2. The number of ether oxygens (including phenoxy) is 2. The molecule has 1 spiro atoms. The highest BCUT2D eigenvalue weighted by molar-refractivity contribution is 6.00. The molecule has 2 saturated heterocycles. The van der Waals surface area contributed by atoms with Gasteiger partial charge in [-0.3, -0.25) is 14.5 Å². The van der Waals surface area contributed by atoms with Crippen LogP contribution in [0.5, 0.6) is 5.75 Å². The molecular weight excluding hydrogens is 539 g/mol. The van der Waals surface area contributed by atoms with Crippen LogP contribution in [0.15, 0.2) is 40.8 Å². The summed E-state index contributed by atoms with van der Waals surface area (Å²) >= 11 is 0. The Hall–Kier alpha value is -3.05. The number of furan rings is 1. The highest BCUT2D eigenvalue weighted by atomic mass is 19.4. The van der Waals surface area contributed by atoms with Gasteiger partial charge >= 0.3 is 6.36 Å². The van der Waals surface area contributed by atoms with Crippen molar-refractivity contribution >= 4 is 11.8 Å². The minimum Gasteiger partial charge on any atom is -0.460 e. The fourth-order valence-electron chi connectivity index (χ4n) is 6.59. The molecule has 2 aliphatic heterocycles. The number of methoxy groups -OCH3 is 1. The second kappa shape index (κ2) is 12.4. The van der Waals surface area contributed by atoms with Gasteiger partial charge in [-0.2, -0.15) is 0 Å². The number of para-hydroxylation sites is 1. The number of nitrogens with one attached hydrogen (secondary N) is 1. The van der Waals surface area contributed by atoms with Crippen LogP contribution in [0.3, 0.4) is 0 Å². The Balaban J connectivity index is 1.24. The first-order valence-electron chi connectivity index (χ1n) is 14.5. The molecule has 0 bridgehead atoms. The zero-order chi connectivity index (χ0) is 29.0. The molecule has 5 rings (SSSR count). The Labute approximate surface area is 238 Å². The third-order valence-electron chi connectivity index (χ3n) is 8.72. The van der Waals surface area contributed by atoms with Crippen LogP contribution < -0.4 is 10.1 Å². The Morgan fingerprint density at radius 1 is 1.05 bits per heavy atom. The number of likely N-dealkylation sites (tertiary alicyclic amines) is 1. The summed E-state index contributed by atoms with van der Waals surface area (Å²) in [6.07, 6.45) is 2.62. The number of piperidine rings is 1. The van der Waals surface area contributed by atoms with E-state index in [2.05, 4.69) is 15.0 Å². The number of benzene rings is 1. The van der Waals surface area contributed by atoms with Gasteiger partial charge in [0.15, 0.2) is 0 Å². The summed E-state index contributed by atoms with van der Waals surface area (Å²) < 4.78 is 54.0. The van der Waals surface area contributed by atoms with E-state index < -0.39 is 17.9 Å². The van der Waals surface area contributed by atoms with Crippen LogP contribution in [-0.2, 0) is 20.9 Å². The van der Waals surface area contributed by atoms with E-state index in [-0.39, 0.29) is 28.9 Å². The van der Waals surface area contributed by atoms with Crippen molar-refractivity contribution in [3.05, 3.63) is 42.2 Å². The van der Waals surface area contributed by atoms with E-state index in [1.165, 1.54) is 37.5 Å². The van der Waals surface area contributed by atoms with Crippen molar-refractivity contribution in [2.45, 2.75) is 75.9 Å². The van der Waals surface area contributed by atoms with Crippen LogP contribution >= 0.6 is 0 Å². The normalized spacial score (nSPS) is 22.2. The average molecular weight is 578 g/mol. The summed E-state index contributed by atoms with van der Waals surface area (Å²) in [6.45, 7) is 2.26. The SMILES string of the molecule is COCCN1C(=O)C(CC2CCCCC2)NC(=O)C12CCN(Cc1ccc(-c3ccccc3OC(F)(F)F)o1)CC2. The molecule has 2 amide bonds. The molecule has 1 saturated carbocycles. The van der Waals surface area contributed by atoms with E-state index in [0.29, 0.717) is 63.7 Å². The van der Waals surface area contributed by atoms with Gasteiger partial charge in [-0.15, -0.1) is 13.2 Å². The molecule has 3 fully saturated rings. The summed E-state index contributed by atoms with van der Waals surface area (Å²) in [5.74, 6) is 0.896. The number of hydrogen-bond acceptors (Lipinski definition) is 6. The quantitative estimate of drug-likeness (QED) is 0.445. The first-order valence-corrected chi connectivity index (χ1v) is 14.5. The molecule has 8 nitrogen and oxygen atoms in total. The highest BCUT2D eigenvalue weighted by Crippen LogP contribution is 2.37. The topological polar surface area (TPSA) is 84.2 Å². The van der Waals surface area contributed by atoms with Crippen LogP contribution in [0.4, 0.5) is 13.2 Å². The molecule has 1 N–H and O–H groups in total. The van der Waals surface area contributed by atoms with Gasteiger partial charge in [0, 0.05) is 26.7 Å². The van der Waals surface area contributed by atoms with Crippen molar-refractivity contribution in [2.75, 3.05) is 33.4 Å². The Bertz CT molecular complexity index is 1200. The fraction of sp³-hybridized carbons (Fsp3) is 0.600. The molecule has 224 valence electrons. The lowest BCUT2D eigenvalue weighted by molar-refractivity contribution is -0.274. The summed E-state index contributed by atoms with van der Waals surface area (Å²) in [7, 11) is 1.59. The second-order valence-electron chi connectivity index (χ2n) is 11.4. The van der Waals surface area contributed by atoms with Gasteiger partial charge in [-0.1, -0.05) is 44.2 Å². The maximum atomic E-state index is 13.7. The lowest BCUT2D eigenvalue weighted by Crippen LogP contribution is -2.73. The fourth-order valence-corrected chi connectivity index (χ4v) is 6.59. The molecule has 1 aliphatic carbocycles. The monoisotopic (exact) mass is 577 g/mol. The van der Waals surface area contributed by atoms with Crippen LogP contribution in [0, 0.1) is 5.92 Å². The van der Waals surface area contributed by atoms with E-state index in [1.807, 2.05) is 0 Å². The average Bonchev–Trinajstić information content (AvgIpc) is 3.41. The lowest BCUT2D eigenvalue weighted by Gasteiger charge is -2.52. The van der Waals surface area contributed by atoms with Crippen LogP contribution in [0.2, 0.25) is 0 Å². The van der Waals surface area contributed by atoms with E-state index in [1.54, 1.807) is 30.2 Å². The number of rotatable bonds is 9. The molecule has 2 aromatic rings. The summed E-state index contributed by atoms with van der Waals surface area (Å²) in [6, 6.07) is 8.74. The van der Waals surface area contributed by atoms with Gasteiger partial charge in [0.2, 0.25) is 11.8 Å². The van der Waals surface area contributed by atoms with Crippen molar-refractivity contribution in [3.8, 4) is 17.1 Å². The molecule has 11 heteroatoms. The predicted octanol–water partition coefficient (Wildman–Crippen LogP) is 5.12. The summed E-state index contributed by atoms with van der Waals surface area (Å²) in [5, 5.41) is 3.09. The number of carbonyl (C=O) groups is 2. The van der Waals surface area contributed by atoms with Crippen molar-refractivity contribution in [1.29, 1.82) is 0 Å². The first-order chi connectivity index (χ1) is 19.7. The molecule has 1 aromatic heterocycles. The van der Waals surface area contributed by atoms with Crippen molar-refractivity contribution in [2.24, 2.45) is 5.92 Å². The molecule has 1 atom stereocenters. The molecule has 3 heterocycles. The zero-order valence-electron chi connectivity index (χ0n) is 23.4. The van der Waals surface area contributed by atoms with Gasteiger partial charge < -0.3 is 24.1 Å². The van der Waals surface area contributed by atoms with Gasteiger partial charge in [-0.05, 0) is 49.4 Å². The maximum absolute atomic E-state index is 13.7. The van der Waals surface area contributed by atoms with E-state index in [9.17, 15) is 22.8 Å². The Kier molecular flexibility index (Phi) is 8.94. The van der Waals surface area contributed by atoms with Crippen LogP contribution in [0.1, 0.15) is 57.1 Å². The number of halogens is 3. The molecule has 0 radical (unpaired) electrons. The molecule has 3 aliphatic rings. The predicted molar refractivity (Wildman–Crippen MR) is 145 cm³/mol. The largest absolute Gasteiger partial charge is 0.573 e. The maximum Gasteiger partial charge on any atom is 0.573 e. The standard InChI is InChI=1S/C30H38F3N3O5/c1-39-18-17-36-27(37)24(19-21-7-3-2-4-8-21)34-28(38)29(36)13-15-35(16-14-29)20-22-11-12-25(40-22)23-9-5-6-10-26(23)41-30(31,32)33/h5-6,9-12,21,24H,2-4,7-8,13-20H2,1H3,(H,34,38). The smallest absolute Gasteiger partial charge is 0.460 e. The first kappa shape index (κ1) is 29.4. The summed E-state index contributed by atoms with van der Waals surface area (Å²) in [5.41, 5.74) is -0.709. The molecule has 41 heavy (non-hydrogen) atoms. The third kappa shape index (κ3) is 6.72.